The molecule has 0 N–H and O–H groups in total. The minimum Gasteiger partial charge on any atom is -0.311 e. The summed E-state index contributed by atoms with van der Waals surface area (Å²) in [6, 6.07) is 14.4. The predicted molar refractivity (Wildman–Crippen MR) is 78.2 cm³/mol. The molecule has 1 aliphatic heterocycles. The first kappa shape index (κ1) is 11.7. The highest BCUT2D eigenvalue weighted by molar-refractivity contribution is 9.09. The second-order valence-corrected chi connectivity index (χ2v) is 5.37. The van der Waals surface area contributed by atoms with Crippen molar-refractivity contribution in [2.45, 2.75) is 6.42 Å². The number of hydrogen-bond donors (Lipinski definition) is 0. The second-order valence-electron chi connectivity index (χ2n) is 4.73. The van der Waals surface area contributed by atoms with Crippen molar-refractivity contribution < 1.29 is 4.79 Å². The number of halogens is 1. The molecule has 1 saturated heterocycles. The third-order valence-corrected chi connectivity index (χ3v) is 4.40. The van der Waals surface area contributed by atoms with Crippen LogP contribution in [0.1, 0.15) is 6.42 Å². The summed E-state index contributed by atoms with van der Waals surface area (Å²) in [4.78, 5) is 14.0. The first-order valence-corrected chi connectivity index (χ1v) is 7.26. The average molecular weight is 304 g/mol. The molecule has 0 radical (unpaired) electrons. The van der Waals surface area contributed by atoms with Gasteiger partial charge < -0.3 is 4.90 Å². The van der Waals surface area contributed by atoms with Gasteiger partial charge in [0, 0.05) is 23.7 Å². The number of carbonyl (C=O) groups excluding carboxylic acids is 1. The molecule has 1 heterocycles. The lowest BCUT2D eigenvalue weighted by Gasteiger charge is -2.18. The lowest BCUT2D eigenvalue weighted by atomic mass is 10.1. The SMILES string of the molecule is O=C1CC(CBr)CN1c1cccc2ccccc12. The Bertz CT molecular complexity index is 591. The third kappa shape index (κ3) is 1.93. The zero-order chi connectivity index (χ0) is 12.5. The summed E-state index contributed by atoms with van der Waals surface area (Å²) in [6.45, 7) is 0.818. The van der Waals surface area contributed by atoms with Crippen molar-refractivity contribution in [1.82, 2.24) is 0 Å². The summed E-state index contributed by atoms with van der Waals surface area (Å²) in [5.74, 6) is 0.660. The van der Waals surface area contributed by atoms with Crippen LogP contribution in [0.2, 0.25) is 0 Å². The Morgan fingerprint density at radius 2 is 1.94 bits per heavy atom. The Kier molecular flexibility index (Phi) is 3.08. The Balaban J connectivity index is 2.07. The van der Waals surface area contributed by atoms with Gasteiger partial charge in [-0.3, -0.25) is 4.79 Å². The molecule has 1 unspecified atom stereocenters. The highest BCUT2D eigenvalue weighted by Gasteiger charge is 2.30. The van der Waals surface area contributed by atoms with Crippen LogP contribution in [0.3, 0.4) is 0 Å². The molecule has 0 bridgehead atoms. The van der Waals surface area contributed by atoms with Crippen molar-refractivity contribution >= 4 is 38.3 Å². The molecule has 0 spiro atoms. The number of fused-ring (bicyclic) bond motifs is 1. The van der Waals surface area contributed by atoms with Crippen LogP contribution in [0.25, 0.3) is 10.8 Å². The molecule has 1 amide bonds. The van der Waals surface area contributed by atoms with Gasteiger partial charge in [0.05, 0.1) is 5.69 Å². The van der Waals surface area contributed by atoms with Crippen molar-refractivity contribution in [3.8, 4) is 0 Å². The van der Waals surface area contributed by atoms with Crippen molar-refractivity contribution in [2.24, 2.45) is 5.92 Å². The van der Waals surface area contributed by atoms with Gasteiger partial charge in [-0.15, -0.1) is 0 Å². The van der Waals surface area contributed by atoms with Gasteiger partial charge in [0.1, 0.15) is 0 Å². The number of carbonyl (C=O) groups is 1. The minimum atomic E-state index is 0.232. The van der Waals surface area contributed by atoms with Crippen LogP contribution in [-0.2, 0) is 4.79 Å². The smallest absolute Gasteiger partial charge is 0.227 e. The standard InChI is InChI=1S/C15H14BrNO/c16-9-11-8-15(18)17(10-11)14-7-3-5-12-4-1-2-6-13(12)14/h1-7,11H,8-10H2. The van der Waals surface area contributed by atoms with Gasteiger partial charge in [0.15, 0.2) is 0 Å². The monoisotopic (exact) mass is 303 g/mol. The molecular formula is C15H14BrNO. The topological polar surface area (TPSA) is 20.3 Å². The summed E-state index contributed by atoms with van der Waals surface area (Å²) in [5.41, 5.74) is 1.04. The molecule has 1 fully saturated rings. The molecule has 1 aliphatic rings. The minimum absolute atomic E-state index is 0.232. The first-order chi connectivity index (χ1) is 8.79. The summed E-state index contributed by atoms with van der Waals surface area (Å²) < 4.78 is 0. The van der Waals surface area contributed by atoms with Crippen molar-refractivity contribution in [3.63, 3.8) is 0 Å². The van der Waals surface area contributed by atoms with E-state index < -0.39 is 0 Å². The zero-order valence-corrected chi connectivity index (χ0v) is 11.6. The number of benzene rings is 2. The summed E-state index contributed by atoms with van der Waals surface area (Å²) >= 11 is 3.47. The van der Waals surface area contributed by atoms with Crippen LogP contribution in [0, 0.1) is 5.92 Å². The number of hydrogen-bond acceptors (Lipinski definition) is 1. The van der Waals surface area contributed by atoms with Gasteiger partial charge >= 0.3 is 0 Å². The van der Waals surface area contributed by atoms with Crippen LogP contribution < -0.4 is 4.90 Å². The van der Waals surface area contributed by atoms with Gasteiger partial charge in [-0.25, -0.2) is 0 Å². The second kappa shape index (κ2) is 4.73. The van der Waals surface area contributed by atoms with Crippen LogP contribution in [0.15, 0.2) is 42.5 Å². The molecule has 0 saturated carbocycles. The first-order valence-electron chi connectivity index (χ1n) is 6.13. The lowest BCUT2D eigenvalue weighted by Crippen LogP contribution is -2.24. The van der Waals surface area contributed by atoms with E-state index in [1.165, 1.54) is 5.39 Å². The molecular weight excluding hydrogens is 290 g/mol. The predicted octanol–water partition coefficient (Wildman–Crippen LogP) is 3.59. The van der Waals surface area contributed by atoms with E-state index in [2.05, 4.69) is 34.1 Å². The van der Waals surface area contributed by atoms with Gasteiger partial charge in [0.25, 0.3) is 0 Å². The molecule has 2 aromatic rings. The van der Waals surface area contributed by atoms with Crippen molar-refractivity contribution in [2.75, 3.05) is 16.8 Å². The van der Waals surface area contributed by atoms with E-state index in [1.54, 1.807) is 0 Å². The highest BCUT2D eigenvalue weighted by Crippen LogP contribution is 2.31. The number of anilines is 1. The highest BCUT2D eigenvalue weighted by atomic mass is 79.9. The van der Waals surface area contributed by atoms with E-state index in [0.29, 0.717) is 12.3 Å². The maximum atomic E-state index is 12.1. The summed E-state index contributed by atoms with van der Waals surface area (Å²) in [7, 11) is 0. The summed E-state index contributed by atoms with van der Waals surface area (Å²) in [5, 5.41) is 3.23. The molecule has 1 atom stereocenters. The Morgan fingerprint density at radius 3 is 2.72 bits per heavy atom. The zero-order valence-electron chi connectivity index (χ0n) is 9.97. The number of rotatable bonds is 2. The van der Waals surface area contributed by atoms with E-state index in [9.17, 15) is 4.79 Å². The van der Waals surface area contributed by atoms with E-state index >= 15 is 0 Å². The molecule has 2 nitrogen and oxygen atoms in total. The van der Waals surface area contributed by atoms with Gasteiger partial charge in [0.2, 0.25) is 5.91 Å². The number of amides is 1. The fourth-order valence-electron chi connectivity index (χ4n) is 2.56. The van der Waals surface area contributed by atoms with E-state index in [0.717, 1.165) is 22.9 Å². The van der Waals surface area contributed by atoms with E-state index in [1.807, 2.05) is 29.2 Å². The molecule has 0 aliphatic carbocycles. The average Bonchev–Trinajstić information content (AvgIpc) is 2.79. The van der Waals surface area contributed by atoms with E-state index in [-0.39, 0.29) is 5.91 Å². The fraction of sp³-hybridized carbons (Fsp3) is 0.267. The van der Waals surface area contributed by atoms with Gasteiger partial charge in [-0.1, -0.05) is 52.3 Å². The maximum absolute atomic E-state index is 12.1. The third-order valence-electron chi connectivity index (χ3n) is 3.48. The Morgan fingerprint density at radius 1 is 1.17 bits per heavy atom. The molecule has 2 aromatic carbocycles. The van der Waals surface area contributed by atoms with Gasteiger partial charge in [-0.05, 0) is 17.4 Å². The molecule has 3 heteroatoms. The van der Waals surface area contributed by atoms with E-state index in [4.69, 9.17) is 0 Å². The fourth-order valence-corrected chi connectivity index (χ4v) is 3.00. The Labute approximate surface area is 115 Å². The largest absolute Gasteiger partial charge is 0.311 e. The van der Waals surface area contributed by atoms with Crippen LogP contribution in [0.5, 0.6) is 0 Å². The van der Waals surface area contributed by atoms with Crippen molar-refractivity contribution in [1.29, 1.82) is 0 Å². The number of alkyl halides is 1. The summed E-state index contributed by atoms with van der Waals surface area (Å²) in [6.07, 6.45) is 0.647. The normalized spacial score (nSPS) is 19.7. The number of nitrogens with zero attached hydrogens (tertiary/aromatic N) is 1. The Hall–Kier alpha value is -1.35. The molecule has 92 valence electrons. The van der Waals surface area contributed by atoms with Gasteiger partial charge in [-0.2, -0.15) is 0 Å². The molecule has 18 heavy (non-hydrogen) atoms. The van der Waals surface area contributed by atoms with Crippen LogP contribution in [-0.4, -0.2) is 17.8 Å². The molecule has 3 rings (SSSR count). The molecule has 0 aromatic heterocycles. The maximum Gasteiger partial charge on any atom is 0.227 e. The van der Waals surface area contributed by atoms with Crippen molar-refractivity contribution in [3.05, 3.63) is 42.5 Å². The quantitative estimate of drug-likeness (QED) is 0.777. The van der Waals surface area contributed by atoms with Crippen LogP contribution in [0.4, 0.5) is 5.69 Å². The lowest BCUT2D eigenvalue weighted by molar-refractivity contribution is -0.117. The van der Waals surface area contributed by atoms with Crippen LogP contribution >= 0.6 is 15.9 Å².